The predicted molar refractivity (Wildman–Crippen MR) is 59.8 cm³/mol. The molecule has 0 aromatic carbocycles. The molecule has 0 unspecified atom stereocenters. The zero-order chi connectivity index (χ0) is 9.40. The van der Waals surface area contributed by atoms with E-state index in [1.165, 1.54) is 6.42 Å². The first-order valence-electron chi connectivity index (χ1n) is 4.02. The molecule has 0 aromatic rings. The highest BCUT2D eigenvalue weighted by Crippen LogP contribution is 2.05. The van der Waals surface area contributed by atoms with Crippen molar-refractivity contribution in [2.45, 2.75) is 20.3 Å². The molecule has 1 aliphatic rings. The second kappa shape index (κ2) is 6.92. The SMILES string of the molecule is C=C1C=CC=C/C1=N/S.CCC. The van der Waals surface area contributed by atoms with E-state index in [1.54, 1.807) is 0 Å². The number of nitrogens with zero attached hydrogens (tertiary/aromatic N) is 1. The average molecular weight is 181 g/mol. The largest absolute Gasteiger partial charge is 0.219 e. The highest BCUT2D eigenvalue weighted by atomic mass is 32.1. The molecule has 1 rings (SSSR count). The molecule has 0 saturated carbocycles. The van der Waals surface area contributed by atoms with Crippen LogP contribution in [0.5, 0.6) is 0 Å². The Morgan fingerprint density at radius 1 is 1.33 bits per heavy atom. The fraction of sp³-hybridized carbons (Fsp3) is 0.300. The Morgan fingerprint density at radius 3 is 2.17 bits per heavy atom. The zero-order valence-corrected chi connectivity index (χ0v) is 8.51. The van der Waals surface area contributed by atoms with Crippen LogP contribution in [0.15, 0.2) is 40.9 Å². The molecular formula is C10H15NS. The molecule has 1 aliphatic carbocycles. The van der Waals surface area contributed by atoms with Gasteiger partial charge >= 0.3 is 0 Å². The van der Waals surface area contributed by atoms with Crippen molar-refractivity contribution >= 4 is 18.5 Å². The van der Waals surface area contributed by atoms with Crippen LogP contribution >= 0.6 is 12.8 Å². The second-order valence-corrected chi connectivity index (χ2v) is 2.64. The third-order valence-corrected chi connectivity index (χ3v) is 1.31. The van der Waals surface area contributed by atoms with Crippen molar-refractivity contribution < 1.29 is 0 Å². The summed E-state index contributed by atoms with van der Waals surface area (Å²) < 4.78 is 3.70. The Morgan fingerprint density at radius 2 is 1.83 bits per heavy atom. The average Bonchev–Trinajstić information content (AvgIpc) is 2.07. The molecule has 0 saturated heterocycles. The van der Waals surface area contributed by atoms with Crippen molar-refractivity contribution in [3.05, 3.63) is 36.5 Å². The predicted octanol–water partition coefficient (Wildman–Crippen LogP) is 3.37. The lowest BCUT2D eigenvalue weighted by molar-refractivity contribution is 1.09. The maximum Gasteiger partial charge on any atom is 0.0776 e. The molecule has 0 N–H and O–H groups in total. The van der Waals surface area contributed by atoms with E-state index in [4.69, 9.17) is 0 Å². The molecule has 0 spiro atoms. The summed E-state index contributed by atoms with van der Waals surface area (Å²) in [5.74, 6) is 0. The smallest absolute Gasteiger partial charge is 0.0776 e. The van der Waals surface area contributed by atoms with E-state index in [1.807, 2.05) is 24.3 Å². The summed E-state index contributed by atoms with van der Waals surface area (Å²) in [7, 11) is 0. The molecule has 0 fully saturated rings. The summed E-state index contributed by atoms with van der Waals surface area (Å²) in [6.45, 7) is 8.00. The van der Waals surface area contributed by atoms with Crippen molar-refractivity contribution in [2.75, 3.05) is 0 Å². The Bertz CT molecular complexity index is 224. The molecule has 2 heteroatoms. The summed E-state index contributed by atoms with van der Waals surface area (Å²) >= 11 is 3.76. The molecule has 0 amide bonds. The topological polar surface area (TPSA) is 12.4 Å². The number of rotatable bonds is 0. The van der Waals surface area contributed by atoms with Crippen LogP contribution < -0.4 is 0 Å². The van der Waals surface area contributed by atoms with Crippen LogP contribution in [0.2, 0.25) is 0 Å². The first-order valence-corrected chi connectivity index (χ1v) is 4.42. The van der Waals surface area contributed by atoms with Gasteiger partial charge in [-0.05, 0) is 24.5 Å². The molecule has 0 atom stereocenters. The van der Waals surface area contributed by atoms with E-state index in [-0.39, 0.29) is 0 Å². The maximum absolute atomic E-state index is 3.76. The van der Waals surface area contributed by atoms with Crippen LogP contribution in [0, 0.1) is 0 Å². The van der Waals surface area contributed by atoms with Crippen molar-refractivity contribution in [3.8, 4) is 0 Å². The fourth-order valence-electron chi connectivity index (χ4n) is 0.608. The van der Waals surface area contributed by atoms with Gasteiger partial charge in [-0.3, -0.25) is 0 Å². The summed E-state index contributed by atoms with van der Waals surface area (Å²) in [5.41, 5.74) is 1.74. The van der Waals surface area contributed by atoms with Gasteiger partial charge < -0.3 is 0 Å². The first kappa shape index (κ1) is 11.2. The minimum Gasteiger partial charge on any atom is -0.219 e. The van der Waals surface area contributed by atoms with E-state index in [2.05, 4.69) is 37.6 Å². The molecule has 66 valence electrons. The van der Waals surface area contributed by atoms with Gasteiger partial charge in [0.1, 0.15) is 0 Å². The van der Waals surface area contributed by atoms with Gasteiger partial charge in [-0.15, -0.1) is 0 Å². The summed E-state index contributed by atoms with van der Waals surface area (Å²) in [5, 5.41) is 0. The lowest BCUT2D eigenvalue weighted by Crippen LogP contribution is -1.95. The van der Waals surface area contributed by atoms with Crippen LogP contribution in [0.25, 0.3) is 0 Å². The first-order chi connectivity index (χ1) is 5.76. The quantitative estimate of drug-likeness (QED) is 0.550. The standard InChI is InChI=1S/C7H7NS.C3H8/c1-6-4-2-3-5-7(6)8-9;1-3-2/h2-5,9H,1H2;3H2,1-2H3/b8-7-;. The van der Waals surface area contributed by atoms with Gasteiger partial charge in [0.15, 0.2) is 0 Å². The highest BCUT2D eigenvalue weighted by molar-refractivity contribution is 7.79. The van der Waals surface area contributed by atoms with Gasteiger partial charge in [-0.1, -0.05) is 45.1 Å². The number of thiol groups is 1. The molecule has 0 heterocycles. The Balaban J connectivity index is 0.000000354. The maximum atomic E-state index is 3.76. The Hall–Kier alpha value is -0.760. The third kappa shape index (κ3) is 4.19. The molecule has 12 heavy (non-hydrogen) atoms. The summed E-state index contributed by atoms with van der Waals surface area (Å²) in [6.07, 6.45) is 8.85. The fourth-order valence-corrected chi connectivity index (χ4v) is 0.803. The molecule has 0 radical (unpaired) electrons. The number of hydrogen-bond acceptors (Lipinski definition) is 2. The minimum atomic E-state index is 0.834. The van der Waals surface area contributed by atoms with Crippen molar-refractivity contribution in [2.24, 2.45) is 4.40 Å². The van der Waals surface area contributed by atoms with Crippen molar-refractivity contribution in [1.29, 1.82) is 0 Å². The zero-order valence-electron chi connectivity index (χ0n) is 7.62. The molecule has 0 aromatic heterocycles. The second-order valence-electron chi connectivity index (χ2n) is 2.44. The molecule has 0 aliphatic heterocycles. The lowest BCUT2D eigenvalue weighted by Gasteiger charge is -2.00. The Kier molecular flexibility index (Phi) is 6.48. The van der Waals surface area contributed by atoms with E-state index >= 15 is 0 Å². The Labute approximate surface area is 80.1 Å². The molecule has 1 nitrogen and oxygen atoms in total. The summed E-state index contributed by atoms with van der Waals surface area (Å²) in [6, 6.07) is 0. The van der Waals surface area contributed by atoms with Crippen molar-refractivity contribution in [1.82, 2.24) is 0 Å². The molecular weight excluding hydrogens is 166 g/mol. The highest BCUT2D eigenvalue weighted by Gasteiger charge is 1.97. The van der Waals surface area contributed by atoms with Crippen LogP contribution in [0.1, 0.15) is 20.3 Å². The van der Waals surface area contributed by atoms with Crippen LogP contribution in [-0.4, -0.2) is 5.71 Å². The van der Waals surface area contributed by atoms with Gasteiger partial charge in [0.05, 0.1) is 5.71 Å². The van der Waals surface area contributed by atoms with Gasteiger partial charge in [0.2, 0.25) is 0 Å². The van der Waals surface area contributed by atoms with E-state index in [0.717, 1.165) is 11.3 Å². The van der Waals surface area contributed by atoms with E-state index in [9.17, 15) is 0 Å². The van der Waals surface area contributed by atoms with Crippen molar-refractivity contribution in [3.63, 3.8) is 0 Å². The van der Waals surface area contributed by atoms with Crippen LogP contribution in [0.3, 0.4) is 0 Å². The molecule has 0 bridgehead atoms. The van der Waals surface area contributed by atoms with Gasteiger partial charge in [-0.2, -0.15) is 0 Å². The monoisotopic (exact) mass is 181 g/mol. The minimum absolute atomic E-state index is 0.834. The van der Waals surface area contributed by atoms with Crippen LogP contribution in [0.4, 0.5) is 0 Å². The lowest BCUT2D eigenvalue weighted by atomic mass is 10.1. The number of hydrogen-bond donors (Lipinski definition) is 1. The van der Waals surface area contributed by atoms with E-state index in [0.29, 0.717) is 0 Å². The van der Waals surface area contributed by atoms with Gasteiger partial charge in [0, 0.05) is 0 Å². The van der Waals surface area contributed by atoms with Gasteiger partial charge in [0.25, 0.3) is 0 Å². The normalized spacial score (nSPS) is 17.6. The van der Waals surface area contributed by atoms with E-state index < -0.39 is 0 Å². The summed E-state index contributed by atoms with van der Waals surface area (Å²) in [4.78, 5) is 0. The third-order valence-electron chi connectivity index (χ3n) is 1.10. The van der Waals surface area contributed by atoms with Crippen LogP contribution in [-0.2, 0) is 0 Å². The number of allylic oxidation sites excluding steroid dienone is 5. The van der Waals surface area contributed by atoms with Gasteiger partial charge in [-0.25, -0.2) is 4.40 Å².